The van der Waals surface area contributed by atoms with Crippen LogP contribution in [-0.4, -0.2) is 0 Å². The molecule has 1 unspecified atom stereocenters. The number of ether oxygens (including phenoxy) is 1. The molecule has 27 heavy (non-hydrogen) atoms. The third kappa shape index (κ3) is 6.09. The van der Waals surface area contributed by atoms with Gasteiger partial charge in [0.05, 0.1) is 0 Å². The molecule has 0 spiro atoms. The van der Waals surface area contributed by atoms with Crippen LogP contribution in [-0.2, 0) is 13.0 Å². The first-order valence-corrected chi connectivity index (χ1v) is 10.6. The van der Waals surface area contributed by atoms with Crippen LogP contribution in [0.1, 0.15) is 63.5 Å². The predicted octanol–water partition coefficient (Wildman–Crippen LogP) is 7.19. The van der Waals surface area contributed by atoms with Gasteiger partial charge >= 0.3 is 0 Å². The molecular weight excluding hydrogens is 335 g/mol. The van der Waals surface area contributed by atoms with Gasteiger partial charge in [-0.25, -0.2) is 4.39 Å². The van der Waals surface area contributed by atoms with Gasteiger partial charge in [0.2, 0.25) is 0 Å². The maximum atomic E-state index is 13.8. The second kappa shape index (κ2) is 9.92. The summed E-state index contributed by atoms with van der Waals surface area (Å²) in [5.41, 5.74) is 1.84. The maximum absolute atomic E-state index is 13.8. The van der Waals surface area contributed by atoms with Crippen molar-refractivity contribution in [3.63, 3.8) is 0 Å². The molecule has 1 saturated carbocycles. The van der Waals surface area contributed by atoms with Gasteiger partial charge in [-0.1, -0.05) is 75.9 Å². The molecule has 0 saturated heterocycles. The fourth-order valence-electron chi connectivity index (χ4n) is 4.28. The minimum atomic E-state index is -0.203. The molecule has 0 aromatic heterocycles. The average molecular weight is 369 g/mol. The first-order chi connectivity index (χ1) is 13.1. The number of hydrogen-bond acceptors (Lipinski definition) is 1. The Balaban J connectivity index is 1.50. The minimum absolute atomic E-state index is 0.203. The maximum Gasteiger partial charge on any atom is 0.129 e. The molecule has 146 valence electrons. The lowest BCUT2D eigenvalue weighted by atomic mass is 9.78. The normalized spacial score (nSPS) is 21.0. The molecule has 2 aromatic carbocycles. The van der Waals surface area contributed by atoms with Crippen molar-refractivity contribution in [2.24, 2.45) is 17.8 Å². The first kappa shape index (κ1) is 19.9. The van der Waals surface area contributed by atoms with Gasteiger partial charge in [-0.2, -0.15) is 0 Å². The highest BCUT2D eigenvalue weighted by Crippen LogP contribution is 2.33. The van der Waals surface area contributed by atoms with Crippen molar-refractivity contribution >= 4 is 0 Å². The van der Waals surface area contributed by atoms with Crippen LogP contribution in [0.25, 0.3) is 0 Å². The molecule has 2 aromatic rings. The molecule has 1 aliphatic carbocycles. The van der Waals surface area contributed by atoms with Crippen LogP contribution in [0.5, 0.6) is 5.75 Å². The third-order valence-electron chi connectivity index (χ3n) is 6.09. The zero-order chi connectivity index (χ0) is 19.1. The number of aryl methyl sites for hydroxylation is 1. The summed E-state index contributed by atoms with van der Waals surface area (Å²) in [6.45, 7) is 5.05. The fraction of sp³-hybridized carbons (Fsp3) is 0.520. The Hall–Kier alpha value is -1.83. The Kier molecular flexibility index (Phi) is 7.32. The molecule has 3 rings (SSSR count). The van der Waals surface area contributed by atoms with Crippen molar-refractivity contribution in [2.75, 3.05) is 0 Å². The van der Waals surface area contributed by atoms with E-state index in [1.165, 1.54) is 50.2 Å². The fourth-order valence-corrected chi connectivity index (χ4v) is 4.28. The van der Waals surface area contributed by atoms with Crippen LogP contribution in [0.2, 0.25) is 0 Å². The van der Waals surface area contributed by atoms with E-state index in [2.05, 4.69) is 26.0 Å². The standard InChI is InChI=1S/C25H33FO/c1-19-11-14-21(15-12-19)17-20(2)13-16-22-7-4-6-10-25(22)27-18-23-8-3-5-9-24(23)26/h3-10,19-21H,11-18H2,1-2H3. The molecule has 1 fully saturated rings. The molecule has 0 radical (unpaired) electrons. The van der Waals surface area contributed by atoms with Gasteiger partial charge in [-0.3, -0.25) is 0 Å². The Morgan fingerprint density at radius 2 is 1.63 bits per heavy atom. The number of para-hydroxylation sites is 1. The lowest BCUT2D eigenvalue weighted by Crippen LogP contribution is -2.15. The van der Waals surface area contributed by atoms with Gasteiger partial charge in [0.1, 0.15) is 18.2 Å². The number of rotatable bonds is 8. The Morgan fingerprint density at radius 1 is 0.963 bits per heavy atom. The van der Waals surface area contributed by atoms with Crippen LogP contribution >= 0.6 is 0 Å². The van der Waals surface area contributed by atoms with Crippen molar-refractivity contribution in [1.82, 2.24) is 0 Å². The minimum Gasteiger partial charge on any atom is -0.489 e. The summed E-state index contributed by atoms with van der Waals surface area (Å²) >= 11 is 0. The van der Waals surface area contributed by atoms with Gasteiger partial charge in [0.25, 0.3) is 0 Å². The van der Waals surface area contributed by atoms with Crippen LogP contribution in [0, 0.1) is 23.6 Å². The molecule has 1 atom stereocenters. The van der Waals surface area contributed by atoms with Crippen molar-refractivity contribution in [3.8, 4) is 5.75 Å². The van der Waals surface area contributed by atoms with Crippen LogP contribution < -0.4 is 4.74 Å². The van der Waals surface area contributed by atoms with Gasteiger partial charge in [0.15, 0.2) is 0 Å². The Morgan fingerprint density at radius 3 is 2.37 bits per heavy atom. The second-order valence-electron chi connectivity index (χ2n) is 8.49. The van der Waals surface area contributed by atoms with E-state index in [0.717, 1.165) is 29.9 Å². The lowest BCUT2D eigenvalue weighted by molar-refractivity contribution is 0.246. The molecule has 0 heterocycles. The van der Waals surface area contributed by atoms with E-state index < -0.39 is 0 Å². The molecule has 0 amide bonds. The quantitative estimate of drug-likeness (QED) is 0.479. The van der Waals surface area contributed by atoms with Crippen molar-refractivity contribution in [2.45, 2.75) is 65.4 Å². The Labute approximate surface area is 164 Å². The zero-order valence-electron chi connectivity index (χ0n) is 16.8. The second-order valence-corrected chi connectivity index (χ2v) is 8.49. The van der Waals surface area contributed by atoms with Crippen molar-refractivity contribution in [1.29, 1.82) is 0 Å². The van der Waals surface area contributed by atoms with Gasteiger partial charge in [0, 0.05) is 5.56 Å². The molecule has 1 aliphatic rings. The van der Waals surface area contributed by atoms with E-state index in [1.54, 1.807) is 12.1 Å². The number of benzene rings is 2. The molecular formula is C25H33FO. The molecule has 0 aliphatic heterocycles. The van der Waals surface area contributed by atoms with E-state index in [0.29, 0.717) is 5.56 Å². The van der Waals surface area contributed by atoms with Crippen LogP contribution in [0.4, 0.5) is 4.39 Å². The highest BCUT2D eigenvalue weighted by Gasteiger charge is 2.20. The largest absolute Gasteiger partial charge is 0.489 e. The topological polar surface area (TPSA) is 9.23 Å². The summed E-state index contributed by atoms with van der Waals surface area (Å²) in [6.07, 6.45) is 9.20. The Bertz CT molecular complexity index is 703. The molecule has 0 bridgehead atoms. The van der Waals surface area contributed by atoms with E-state index in [4.69, 9.17) is 4.74 Å². The third-order valence-corrected chi connectivity index (χ3v) is 6.09. The van der Waals surface area contributed by atoms with E-state index in [1.807, 2.05) is 18.2 Å². The highest BCUT2D eigenvalue weighted by atomic mass is 19.1. The first-order valence-electron chi connectivity index (χ1n) is 10.6. The smallest absolute Gasteiger partial charge is 0.129 e. The van der Waals surface area contributed by atoms with Crippen molar-refractivity contribution < 1.29 is 9.13 Å². The molecule has 0 N–H and O–H groups in total. The summed E-state index contributed by atoms with van der Waals surface area (Å²) in [7, 11) is 0. The van der Waals surface area contributed by atoms with E-state index in [9.17, 15) is 4.39 Å². The van der Waals surface area contributed by atoms with Gasteiger partial charge in [-0.05, 0) is 54.7 Å². The molecule has 2 heteroatoms. The SMILES string of the molecule is CC1CCC(CC(C)CCc2ccccc2OCc2ccccc2F)CC1. The number of halogens is 1. The average Bonchev–Trinajstić information content (AvgIpc) is 2.68. The highest BCUT2D eigenvalue weighted by molar-refractivity contribution is 5.33. The summed E-state index contributed by atoms with van der Waals surface area (Å²) in [6, 6.07) is 15.0. The van der Waals surface area contributed by atoms with Gasteiger partial charge in [-0.15, -0.1) is 0 Å². The number of hydrogen-bond donors (Lipinski definition) is 0. The van der Waals surface area contributed by atoms with Crippen LogP contribution in [0.3, 0.4) is 0 Å². The van der Waals surface area contributed by atoms with E-state index in [-0.39, 0.29) is 12.4 Å². The van der Waals surface area contributed by atoms with Gasteiger partial charge < -0.3 is 4.74 Å². The summed E-state index contributed by atoms with van der Waals surface area (Å²) in [5.74, 6) is 3.27. The predicted molar refractivity (Wildman–Crippen MR) is 110 cm³/mol. The zero-order valence-corrected chi connectivity index (χ0v) is 16.8. The summed E-state index contributed by atoms with van der Waals surface area (Å²) in [5, 5.41) is 0. The van der Waals surface area contributed by atoms with Crippen molar-refractivity contribution in [3.05, 3.63) is 65.5 Å². The summed E-state index contributed by atoms with van der Waals surface area (Å²) in [4.78, 5) is 0. The van der Waals surface area contributed by atoms with E-state index >= 15 is 0 Å². The molecule has 1 nitrogen and oxygen atoms in total. The van der Waals surface area contributed by atoms with Crippen LogP contribution in [0.15, 0.2) is 48.5 Å². The lowest BCUT2D eigenvalue weighted by Gasteiger charge is -2.28. The monoisotopic (exact) mass is 368 g/mol. The summed E-state index contributed by atoms with van der Waals surface area (Å²) < 4.78 is 19.8.